The quantitative estimate of drug-likeness (QED) is 0.355. The van der Waals surface area contributed by atoms with Crippen molar-refractivity contribution < 1.29 is 23.5 Å². The minimum Gasteiger partial charge on any atom is -0.451 e. The molecule has 0 atom stereocenters. The number of benzene rings is 2. The molecule has 2 aromatic carbocycles. The first-order valence-corrected chi connectivity index (χ1v) is 9.91. The van der Waals surface area contributed by atoms with Gasteiger partial charge in [-0.3, -0.25) is 25.0 Å². The van der Waals surface area contributed by atoms with E-state index in [1.54, 1.807) is 4.57 Å². The monoisotopic (exact) mass is 428 g/mol. The molecule has 0 aliphatic heterocycles. The van der Waals surface area contributed by atoms with Gasteiger partial charge in [0.2, 0.25) is 0 Å². The molecule has 8 nitrogen and oxygen atoms in total. The molecule has 154 valence electrons. The summed E-state index contributed by atoms with van der Waals surface area (Å²) in [5, 5.41) is 0.578. The summed E-state index contributed by atoms with van der Waals surface area (Å²) < 4.78 is 20.2. The van der Waals surface area contributed by atoms with E-state index in [0.717, 1.165) is 6.07 Å². The fraction of sp³-hybridized carbons (Fsp3) is 0.100. The lowest BCUT2D eigenvalue weighted by Crippen LogP contribution is -2.43. The molecule has 0 unspecified atom stereocenters. The van der Waals surface area contributed by atoms with E-state index < -0.39 is 30.2 Å². The van der Waals surface area contributed by atoms with Gasteiger partial charge in [0.15, 0.2) is 17.5 Å². The predicted molar refractivity (Wildman–Crippen MR) is 108 cm³/mol. The molecule has 0 spiro atoms. The van der Waals surface area contributed by atoms with Crippen LogP contribution in [-0.2, 0) is 9.53 Å². The average molecular weight is 428 g/mol. The van der Waals surface area contributed by atoms with Gasteiger partial charge in [-0.25, -0.2) is 14.2 Å². The Hall–Kier alpha value is -3.66. The van der Waals surface area contributed by atoms with Crippen molar-refractivity contribution in [2.75, 3.05) is 12.9 Å². The molecule has 0 saturated carbocycles. The Morgan fingerprint density at radius 1 is 1.07 bits per heavy atom. The highest BCUT2D eigenvalue weighted by molar-refractivity contribution is 7.98. The summed E-state index contributed by atoms with van der Waals surface area (Å²) in [5.74, 6) is -3.11. The Kier molecular flexibility index (Phi) is 6.81. The second-order valence-electron chi connectivity index (χ2n) is 5.86. The van der Waals surface area contributed by atoms with Crippen LogP contribution in [0.1, 0.15) is 20.8 Å². The standard InChI is InChI=1S/C20H17FN4O4S/c1-30-20-22-11-16(25(20)13-7-3-2-4-8-13)19(28)29-12-17(26)23-24-18(27)14-9-5-6-10-15(14)21/h2-11H,12H2,1H3,(H,23,26)(H,24,27). The maximum Gasteiger partial charge on any atom is 0.357 e. The van der Waals surface area contributed by atoms with Gasteiger partial charge in [-0.15, -0.1) is 0 Å². The van der Waals surface area contributed by atoms with Crippen LogP contribution in [0.25, 0.3) is 5.69 Å². The number of carbonyl (C=O) groups is 3. The van der Waals surface area contributed by atoms with Crippen LogP contribution in [0.4, 0.5) is 4.39 Å². The number of carbonyl (C=O) groups excluding carboxylic acids is 3. The van der Waals surface area contributed by atoms with E-state index in [9.17, 15) is 18.8 Å². The van der Waals surface area contributed by atoms with Gasteiger partial charge in [0.25, 0.3) is 11.8 Å². The first-order chi connectivity index (χ1) is 14.5. The Balaban J connectivity index is 1.60. The second kappa shape index (κ2) is 9.70. The highest BCUT2D eigenvalue weighted by atomic mass is 32.2. The van der Waals surface area contributed by atoms with Crippen LogP contribution in [0, 0.1) is 5.82 Å². The van der Waals surface area contributed by atoms with Crippen LogP contribution in [0.3, 0.4) is 0 Å². The number of hydrogen-bond donors (Lipinski definition) is 2. The third-order valence-corrected chi connectivity index (χ3v) is 4.56. The molecule has 2 amide bonds. The molecule has 30 heavy (non-hydrogen) atoms. The first kappa shape index (κ1) is 21.1. The van der Waals surface area contributed by atoms with Crippen LogP contribution >= 0.6 is 11.8 Å². The van der Waals surface area contributed by atoms with Crippen molar-refractivity contribution in [1.29, 1.82) is 0 Å². The smallest absolute Gasteiger partial charge is 0.357 e. The average Bonchev–Trinajstić information content (AvgIpc) is 3.21. The third-order valence-electron chi connectivity index (χ3n) is 3.90. The number of rotatable bonds is 6. The molecule has 0 aliphatic rings. The summed E-state index contributed by atoms with van der Waals surface area (Å²) in [4.78, 5) is 40.4. The van der Waals surface area contributed by atoms with Crippen LogP contribution < -0.4 is 10.9 Å². The lowest BCUT2D eigenvalue weighted by Gasteiger charge is -2.11. The van der Waals surface area contributed by atoms with Gasteiger partial charge in [0, 0.05) is 5.69 Å². The van der Waals surface area contributed by atoms with Gasteiger partial charge in [-0.2, -0.15) is 0 Å². The first-order valence-electron chi connectivity index (χ1n) is 8.69. The van der Waals surface area contributed by atoms with Crippen molar-refractivity contribution in [2.24, 2.45) is 0 Å². The molecule has 10 heteroatoms. The predicted octanol–water partition coefficient (Wildman–Crippen LogP) is 2.35. The van der Waals surface area contributed by atoms with Crippen molar-refractivity contribution >= 4 is 29.5 Å². The van der Waals surface area contributed by atoms with Gasteiger partial charge in [-0.05, 0) is 30.5 Å². The fourth-order valence-electron chi connectivity index (χ4n) is 2.53. The van der Waals surface area contributed by atoms with Gasteiger partial charge in [0.05, 0.1) is 11.8 Å². The van der Waals surface area contributed by atoms with E-state index >= 15 is 0 Å². The molecule has 3 aromatic rings. The van der Waals surface area contributed by atoms with Crippen LogP contribution in [-0.4, -0.2) is 40.2 Å². The molecule has 0 saturated heterocycles. The Morgan fingerprint density at radius 3 is 2.47 bits per heavy atom. The number of hydrazine groups is 1. The molecule has 3 rings (SSSR count). The van der Waals surface area contributed by atoms with E-state index in [4.69, 9.17) is 4.74 Å². The lowest BCUT2D eigenvalue weighted by atomic mass is 10.2. The van der Waals surface area contributed by atoms with Gasteiger partial charge in [0.1, 0.15) is 5.82 Å². The maximum absolute atomic E-state index is 13.6. The minimum atomic E-state index is -0.834. The third kappa shape index (κ3) is 4.84. The number of hydrogen-bond acceptors (Lipinski definition) is 6. The number of nitrogens with zero attached hydrogens (tertiary/aromatic N) is 2. The van der Waals surface area contributed by atoms with E-state index in [1.165, 1.54) is 36.2 Å². The number of aromatic nitrogens is 2. The van der Waals surface area contributed by atoms with E-state index in [-0.39, 0.29) is 11.3 Å². The van der Waals surface area contributed by atoms with Gasteiger partial charge < -0.3 is 4.74 Å². The number of para-hydroxylation sites is 1. The van der Waals surface area contributed by atoms with Crippen LogP contribution in [0.2, 0.25) is 0 Å². The van der Waals surface area contributed by atoms with Crippen molar-refractivity contribution in [3.63, 3.8) is 0 Å². The summed E-state index contributed by atoms with van der Waals surface area (Å²) in [6, 6.07) is 14.4. The van der Waals surface area contributed by atoms with E-state index in [2.05, 4.69) is 15.8 Å². The summed E-state index contributed by atoms with van der Waals surface area (Å²) in [5.41, 5.74) is 4.76. The number of imidazole rings is 1. The molecule has 0 aliphatic carbocycles. The van der Waals surface area contributed by atoms with Gasteiger partial charge >= 0.3 is 5.97 Å². The molecule has 0 fully saturated rings. The van der Waals surface area contributed by atoms with E-state index in [1.807, 2.05) is 36.6 Å². The number of halogens is 1. The highest BCUT2D eigenvalue weighted by Crippen LogP contribution is 2.22. The fourth-order valence-corrected chi connectivity index (χ4v) is 3.07. The number of ether oxygens (including phenoxy) is 1. The molecular formula is C20H17FN4O4S. The van der Waals surface area contributed by atoms with Crippen molar-refractivity contribution in [3.8, 4) is 5.69 Å². The summed E-state index contributed by atoms with van der Waals surface area (Å²) in [7, 11) is 0. The Labute approximate surface area is 175 Å². The molecule has 2 N–H and O–H groups in total. The summed E-state index contributed by atoms with van der Waals surface area (Å²) in [6.07, 6.45) is 3.18. The van der Waals surface area contributed by atoms with Crippen LogP contribution in [0.5, 0.6) is 0 Å². The molecule has 1 heterocycles. The molecular weight excluding hydrogens is 411 g/mol. The maximum atomic E-state index is 13.6. The second-order valence-corrected chi connectivity index (χ2v) is 6.63. The normalized spacial score (nSPS) is 10.3. The number of thioether (sulfide) groups is 1. The largest absolute Gasteiger partial charge is 0.451 e. The zero-order chi connectivity index (χ0) is 21.5. The topological polar surface area (TPSA) is 102 Å². The number of amides is 2. The zero-order valence-electron chi connectivity index (χ0n) is 15.8. The molecule has 0 bridgehead atoms. The molecule has 0 radical (unpaired) electrons. The van der Waals surface area contributed by atoms with Crippen molar-refractivity contribution in [2.45, 2.75) is 5.16 Å². The summed E-state index contributed by atoms with van der Waals surface area (Å²) >= 11 is 1.35. The van der Waals surface area contributed by atoms with Crippen LogP contribution in [0.15, 0.2) is 66.0 Å². The lowest BCUT2D eigenvalue weighted by molar-refractivity contribution is -0.125. The van der Waals surface area contributed by atoms with E-state index in [0.29, 0.717) is 10.8 Å². The summed E-state index contributed by atoms with van der Waals surface area (Å²) in [6.45, 7) is -0.648. The number of esters is 1. The zero-order valence-corrected chi connectivity index (χ0v) is 16.6. The minimum absolute atomic E-state index is 0.147. The SMILES string of the molecule is CSc1ncc(C(=O)OCC(=O)NNC(=O)c2ccccc2F)n1-c1ccccc1. The number of nitrogens with one attached hydrogen (secondary N) is 2. The Morgan fingerprint density at radius 2 is 1.77 bits per heavy atom. The van der Waals surface area contributed by atoms with Crippen molar-refractivity contribution in [3.05, 3.63) is 77.9 Å². The molecule has 1 aromatic heterocycles. The Bertz CT molecular complexity index is 1070. The van der Waals surface area contributed by atoms with Crippen molar-refractivity contribution in [1.82, 2.24) is 20.4 Å². The van der Waals surface area contributed by atoms with Gasteiger partial charge in [-0.1, -0.05) is 42.1 Å². The highest BCUT2D eigenvalue weighted by Gasteiger charge is 2.20.